The molecule has 4 aliphatic rings. The van der Waals surface area contributed by atoms with E-state index in [-0.39, 0.29) is 23.5 Å². The fraction of sp³-hybridized carbons (Fsp3) is 0.720. The van der Waals surface area contributed by atoms with Crippen molar-refractivity contribution in [3.63, 3.8) is 0 Å². The van der Waals surface area contributed by atoms with Gasteiger partial charge in [0.2, 0.25) is 5.91 Å². The molecule has 0 aromatic heterocycles. The minimum Gasteiger partial charge on any atom is -0.508 e. The van der Waals surface area contributed by atoms with E-state index in [0.29, 0.717) is 18.4 Å². The minimum absolute atomic E-state index is 0.102. The summed E-state index contributed by atoms with van der Waals surface area (Å²) in [7, 11) is 0. The lowest BCUT2D eigenvalue weighted by Gasteiger charge is -2.56. The predicted octanol–water partition coefficient (Wildman–Crippen LogP) is 3.38. The Labute approximate surface area is 180 Å². The number of carbonyl (C=O) groups excluding carboxylic acids is 1. The van der Waals surface area contributed by atoms with Crippen LogP contribution >= 0.6 is 0 Å². The summed E-state index contributed by atoms with van der Waals surface area (Å²) in [4.78, 5) is 15.4. The molecule has 30 heavy (non-hydrogen) atoms. The van der Waals surface area contributed by atoms with Crippen molar-refractivity contribution in [3.8, 4) is 5.75 Å². The van der Waals surface area contributed by atoms with Gasteiger partial charge in [0, 0.05) is 36.1 Å². The molecule has 2 saturated heterocycles. The van der Waals surface area contributed by atoms with Crippen molar-refractivity contribution in [2.45, 2.75) is 82.9 Å². The van der Waals surface area contributed by atoms with Crippen LogP contribution in [0.3, 0.4) is 0 Å². The van der Waals surface area contributed by atoms with Crippen LogP contribution in [0.15, 0.2) is 18.2 Å². The Morgan fingerprint density at radius 1 is 1.30 bits per heavy atom. The molecule has 2 heterocycles. The highest BCUT2D eigenvalue weighted by Crippen LogP contribution is 2.52. The zero-order chi connectivity index (χ0) is 21.1. The highest BCUT2D eigenvalue weighted by Gasteiger charge is 2.56. The largest absolute Gasteiger partial charge is 0.508 e. The van der Waals surface area contributed by atoms with Crippen LogP contribution in [0.2, 0.25) is 0 Å². The molecule has 4 atom stereocenters. The van der Waals surface area contributed by atoms with Crippen molar-refractivity contribution in [3.05, 3.63) is 29.3 Å². The molecule has 0 radical (unpaired) electrons. The number of aromatic hydroxyl groups is 1. The number of hydrogen-bond acceptors (Lipinski definition) is 4. The zero-order valence-electron chi connectivity index (χ0n) is 18.6. The van der Waals surface area contributed by atoms with Gasteiger partial charge >= 0.3 is 0 Å². The summed E-state index contributed by atoms with van der Waals surface area (Å²) < 4.78 is 6.62. The van der Waals surface area contributed by atoms with E-state index in [1.165, 1.54) is 30.5 Å². The molecule has 164 valence electrons. The number of benzene rings is 1. The van der Waals surface area contributed by atoms with Gasteiger partial charge in [0.15, 0.2) is 0 Å². The van der Waals surface area contributed by atoms with Gasteiger partial charge in [-0.1, -0.05) is 26.8 Å². The quantitative estimate of drug-likeness (QED) is 0.799. The first-order chi connectivity index (χ1) is 14.3. The topological polar surface area (TPSA) is 61.8 Å². The maximum atomic E-state index is 12.8. The Morgan fingerprint density at radius 2 is 2.10 bits per heavy atom. The van der Waals surface area contributed by atoms with Crippen LogP contribution in [0.5, 0.6) is 5.75 Å². The van der Waals surface area contributed by atoms with Gasteiger partial charge in [0.25, 0.3) is 0 Å². The lowest BCUT2D eigenvalue weighted by Crippen LogP contribution is -2.64. The second-order valence-corrected chi connectivity index (χ2v) is 11.2. The molecule has 1 amide bonds. The van der Waals surface area contributed by atoms with E-state index < -0.39 is 5.41 Å². The lowest BCUT2D eigenvalue weighted by atomic mass is 9.59. The van der Waals surface area contributed by atoms with E-state index in [2.05, 4.69) is 16.3 Å². The molecule has 1 aromatic rings. The first-order valence-electron chi connectivity index (χ1n) is 11.8. The molecular weight excluding hydrogens is 376 g/mol. The number of fused-ring (bicyclic) bond motifs is 1. The maximum absolute atomic E-state index is 12.8. The van der Waals surface area contributed by atoms with Crippen molar-refractivity contribution in [1.82, 2.24) is 10.2 Å². The first-order valence-corrected chi connectivity index (χ1v) is 11.8. The fourth-order valence-corrected chi connectivity index (χ4v) is 6.03. The van der Waals surface area contributed by atoms with E-state index in [4.69, 9.17) is 4.74 Å². The van der Waals surface area contributed by atoms with Crippen LogP contribution in [0.4, 0.5) is 0 Å². The molecule has 2 N–H and O–H groups in total. The number of amides is 1. The van der Waals surface area contributed by atoms with Crippen LogP contribution in [-0.2, 0) is 21.4 Å². The summed E-state index contributed by atoms with van der Waals surface area (Å²) in [5.41, 5.74) is 2.07. The monoisotopic (exact) mass is 412 g/mol. The van der Waals surface area contributed by atoms with Crippen molar-refractivity contribution >= 4 is 5.91 Å². The van der Waals surface area contributed by atoms with Gasteiger partial charge in [-0.25, -0.2) is 0 Å². The Bertz CT molecular complexity index is 828. The van der Waals surface area contributed by atoms with Gasteiger partial charge in [-0.3, -0.25) is 9.69 Å². The molecule has 4 unspecified atom stereocenters. The van der Waals surface area contributed by atoms with Crippen LogP contribution in [-0.4, -0.2) is 53.8 Å². The second-order valence-electron chi connectivity index (χ2n) is 11.2. The number of likely N-dealkylation sites (tertiary alicyclic amines) is 1. The SMILES string of the molecule is CC(C)(C)C(=O)NC1CCOC2C3Cc4ccc(O)cc4C2(CCN3CC2CC2)C1. The van der Waals surface area contributed by atoms with Crippen LogP contribution in [0.1, 0.15) is 64.0 Å². The predicted molar refractivity (Wildman–Crippen MR) is 117 cm³/mol. The third-order valence-electron chi connectivity index (χ3n) is 7.85. The average molecular weight is 413 g/mol. The van der Waals surface area contributed by atoms with Crippen molar-refractivity contribution in [1.29, 1.82) is 0 Å². The molecule has 5 heteroatoms. The van der Waals surface area contributed by atoms with E-state index in [1.807, 2.05) is 32.9 Å². The zero-order valence-corrected chi connectivity index (χ0v) is 18.6. The summed E-state index contributed by atoms with van der Waals surface area (Å²) in [5.74, 6) is 1.31. The maximum Gasteiger partial charge on any atom is 0.225 e. The first kappa shape index (κ1) is 20.3. The van der Waals surface area contributed by atoms with Gasteiger partial charge in [0.1, 0.15) is 5.75 Å². The van der Waals surface area contributed by atoms with Gasteiger partial charge in [-0.15, -0.1) is 0 Å². The van der Waals surface area contributed by atoms with Gasteiger partial charge in [-0.05, 0) is 74.2 Å². The van der Waals surface area contributed by atoms with E-state index >= 15 is 0 Å². The lowest BCUT2D eigenvalue weighted by molar-refractivity contribution is -0.129. The average Bonchev–Trinajstić information content (AvgIpc) is 3.50. The van der Waals surface area contributed by atoms with Gasteiger partial charge in [0.05, 0.1) is 6.10 Å². The molecule has 2 aliphatic heterocycles. The van der Waals surface area contributed by atoms with E-state index in [0.717, 1.165) is 38.1 Å². The molecule has 5 rings (SSSR count). The number of phenols is 1. The number of carbonyl (C=O) groups is 1. The fourth-order valence-electron chi connectivity index (χ4n) is 6.03. The normalized spacial score (nSPS) is 33.9. The highest BCUT2D eigenvalue weighted by atomic mass is 16.5. The highest BCUT2D eigenvalue weighted by molar-refractivity contribution is 5.81. The Kier molecular flexibility index (Phi) is 4.90. The number of nitrogens with one attached hydrogen (secondary N) is 1. The Morgan fingerprint density at radius 3 is 2.83 bits per heavy atom. The number of ether oxygens (including phenoxy) is 1. The van der Waals surface area contributed by atoms with Crippen molar-refractivity contribution < 1.29 is 14.6 Å². The van der Waals surface area contributed by atoms with Crippen molar-refractivity contribution in [2.24, 2.45) is 11.3 Å². The second kappa shape index (κ2) is 7.23. The third kappa shape index (κ3) is 3.54. The molecule has 3 fully saturated rings. The molecule has 2 bridgehead atoms. The number of piperidine rings is 1. The summed E-state index contributed by atoms with van der Waals surface area (Å²) >= 11 is 0. The standard InChI is InChI=1S/C25H36N2O3/c1-24(2,3)23(29)26-18-8-11-30-22-21-12-17-6-7-19(28)13-20(17)25(22,14-18)9-10-27(21)15-16-4-5-16/h6-7,13,16,18,21-22,28H,4-5,8-12,14-15H2,1-3H3,(H,26,29). The number of phenolic OH excluding ortho intramolecular Hbond substituents is 1. The summed E-state index contributed by atoms with van der Waals surface area (Å²) in [6.45, 7) is 8.86. The Hall–Kier alpha value is -1.59. The Balaban J connectivity index is 1.50. The summed E-state index contributed by atoms with van der Waals surface area (Å²) in [6, 6.07) is 6.42. The third-order valence-corrected chi connectivity index (χ3v) is 7.85. The number of nitrogens with zero attached hydrogens (tertiary/aromatic N) is 1. The molecule has 1 aromatic carbocycles. The number of rotatable bonds is 3. The van der Waals surface area contributed by atoms with Crippen LogP contribution in [0.25, 0.3) is 0 Å². The van der Waals surface area contributed by atoms with E-state index in [9.17, 15) is 9.90 Å². The van der Waals surface area contributed by atoms with Crippen LogP contribution in [0, 0.1) is 11.3 Å². The van der Waals surface area contributed by atoms with E-state index in [1.54, 1.807) is 0 Å². The van der Waals surface area contributed by atoms with Crippen LogP contribution < -0.4 is 5.32 Å². The molecular formula is C25H36N2O3. The van der Waals surface area contributed by atoms with Gasteiger partial charge in [-0.2, -0.15) is 0 Å². The molecule has 5 nitrogen and oxygen atoms in total. The summed E-state index contributed by atoms with van der Waals surface area (Å²) in [5, 5.41) is 13.7. The summed E-state index contributed by atoms with van der Waals surface area (Å²) in [6.07, 6.45) is 6.63. The molecule has 0 spiro atoms. The molecule has 2 aliphatic carbocycles. The number of hydrogen-bond donors (Lipinski definition) is 2. The van der Waals surface area contributed by atoms with Crippen molar-refractivity contribution in [2.75, 3.05) is 19.7 Å². The smallest absolute Gasteiger partial charge is 0.225 e. The van der Waals surface area contributed by atoms with Gasteiger partial charge < -0.3 is 15.2 Å². The minimum atomic E-state index is -0.400. The molecule has 1 saturated carbocycles.